The molecule has 2 aliphatic rings. The summed E-state index contributed by atoms with van der Waals surface area (Å²) >= 11 is 0. The van der Waals surface area contributed by atoms with Gasteiger partial charge in [-0.3, -0.25) is 9.80 Å². The van der Waals surface area contributed by atoms with Gasteiger partial charge in [0.1, 0.15) is 11.5 Å². The molecule has 1 aromatic heterocycles. The Hall–Kier alpha value is -1.62. The molecule has 0 bridgehead atoms. The highest BCUT2D eigenvalue weighted by molar-refractivity contribution is 5.62. The third-order valence-corrected chi connectivity index (χ3v) is 5.46. The Bertz CT molecular complexity index is 691. The summed E-state index contributed by atoms with van der Waals surface area (Å²) in [5.41, 5.74) is 2.59. The minimum atomic E-state index is 0.677. The summed E-state index contributed by atoms with van der Waals surface area (Å²) in [4.78, 5) is 5.23. The van der Waals surface area contributed by atoms with E-state index in [9.17, 15) is 0 Å². The highest BCUT2D eigenvalue weighted by Gasteiger charge is 2.26. The quantitative estimate of drug-likeness (QED) is 0.851. The van der Waals surface area contributed by atoms with Crippen LogP contribution >= 0.6 is 0 Å². The number of aryl methyl sites for hydroxylation is 1. The van der Waals surface area contributed by atoms with Crippen molar-refractivity contribution >= 4 is 0 Å². The monoisotopic (exact) mass is 340 g/mol. The van der Waals surface area contributed by atoms with E-state index in [1.165, 1.54) is 30.5 Å². The fraction of sp³-hybridized carbons (Fsp3) is 0.524. The number of hydrogen-bond acceptors (Lipinski definition) is 4. The number of ether oxygens (including phenoxy) is 1. The molecular formula is C21H28N2O2. The molecule has 0 spiro atoms. The first kappa shape index (κ1) is 16.8. The van der Waals surface area contributed by atoms with E-state index in [-0.39, 0.29) is 0 Å². The largest absolute Gasteiger partial charge is 0.461 e. The Morgan fingerprint density at radius 1 is 1.04 bits per heavy atom. The Morgan fingerprint density at radius 3 is 2.68 bits per heavy atom. The molecular weight excluding hydrogens is 312 g/mol. The number of morpholine rings is 1. The van der Waals surface area contributed by atoms with Gasteiger partial charge in [-0.2, -0.15) is 0 Å². The number of piperidine rings is 1. The lowest BCUT2D eigenvalue weighted by Crippen LogP contribution is -2.51. The molecule has 134 valence electrons. The van der Waals surface area contributed by atoms with Crippen molar-refractivity contribution in [2.45, 2.75) is 32.4 Å². The predicted octanol–water partition coefficient (Wildman–Crippen LogP) is 3.55. The Morgan fingerprint density at radius 2 is 1.88 bits per heavy atom. The molecule has 0 N–H and O–H groups in total. The van der Waals surface area contributed by atoms with Gasteiger partial charge in [-0.25, -0.2) is 0 Å². The van der Waals surface area contributed by atoms with Crippen molar-refractivity contribution in [3.63, 3.8) is 0 Å². The molecule has 0 radical (unpaired) electrons. The Labute approximate surface area is 150 Å². The SMILES string of the molecule is Cc1ccc(-c2ccccc2CN2CCCC(N3CCOCC3)C2)o1. The lowest BCUT2D eigenvalue weighted by atomic mass is 10.0. The normalized spacial score (nSPS) is 23.0. The third-order valence-electron chi connectivity index (χ3n) is 5.46. The smallest absolute Gasteiger partial charge is 0.134 e. The fourth-order valence-electron chi connectivity index (χ4n) is 4.13. The first-order chi connectivity index (χ1) is 12.3. The van der Waals surface area contributed by atoms with Crippen molar-refractivity contribution in [2.24, 2.45) is 0 Å². The van der Waals surface area contributed by atoms with E-state index in [1.54, 1.807) is 0 Å². The van der Waals surface area contributed by atoms with Gasteiger partial charge in [0.25, 0.3) is 0 Å². The van der Waals surface area contributed by atoms with Gasteiger partial charge < -0.3 is 9.15 Å². The van der Waals surface area contributed by atoms with Crippen molar-refractivity contribution in [3.8, 4) is 11.3 Å². The summed E-state index contributed by atoms with van der Waals surface area (Å²) < 4.78 is 11.4. The lowest BCUT2D eigenvalue weighted by molar-refractivity contribution is -0.00356. The van der Waals surface area contributed by atoms with Crippen molar-refractivity contribution < 1.29 is 9.15 Å². The minimum absolute atomic E-state index is 0.677. The zero-order valence-electron chi connectivity index (χ0n) is 15.1. The number of likely N-dealkylation sites (tertiary alicyclic amines) is 1. The molecule has 0 aliphatic carbocycles. The number of nitrogens with zero attached hydrogens (tertiary/aromatic N) is 2. The van der Waals surface area contributed by atoms with E-state index >= 15 is 0 Å². The topological polar surface area (TPSA) is 28.9 Å². The molecule has 4 rings (SSSR count). The summed E-state index contributed by atoms with van der Waals surface area (Å²) in [6.45, 7) is 9.29. The zero-order chi connectivity index (χ0) is 17.1. The van der Waals surface area contributed by atoms with Crippen LogP contribution in [0, 0.1) is 6.92 Å². The second kappa shape index (κ2) is 7.73. The third kappa shape index (κ3) is 3.97. The minimum Gasteiger partial charge on any atom is -0.461 e. The summed E-state index contributed by atoms with van der Waals surface area (Å²) in [5, 5.41) is 0. The number of rotatable bonds is 4. The van der Waals surface area contributed by atoms with Crippen LogP contribution in [0.15, 0.2) is 40.8 Å². The lowest BCUT2D eigenvalue weighted by Gasteiger charge is -2.41. The second-order valence-electron chi connectivity index (χ2n) is 7.25. The molecule has 1 unspecified atom stereocenters. The molecule has 2 aliphatic heterocycles. The van der Waals surface area contributed by atoms with E-state index in [2.05, 4.69) is 40.1 Å². The van der Waals surface area contributed by atoms with Crippen LogP contribution in [0.3, 0.4) is 0 Å². The van der Waals surface area contributed by atoms with Crippen molar-refractivity contribution in [2.75, 3.05) is 39.4 Å². The molecule has 0 saturated carbocycles. The van der Waals surface area contributed by atoms with Crippen LogP contribution in [0.4, 0.5) is 0 Å². The van der Waals surface area contributed by atoms with E-state index < -0.39 is 0 Å². The molecule has 4 nitrogen and oxygen atoms in total. The van der Waals surface area contributed by atoms with E-state index in [1.807, 2.05) is 13.0 Å². The van der Waals surface area contributed by atoms with Crippen LogP contribution in [-0.2, 0) is 11.3 Å². The number of benzene rings is 1. The Balaban J connectivity index is 1.46. The Kier molecular flexibility index (Phi) is 5.20. The van der Waals surface area contributed by atoms with Crippen LogP contribution in [0.25, 0.3) is 11.3 Å². The molecule has 2 fully saturated rings. The zero-order valence-corrected chi connectivity index (χ0v) is 15.1. The van der Waals surface area contributed by atoms with Crippen molar-refractivity contribution in [1.29, 1.82) is 0 Å². The number of furan rings is 1. The maximum Gasteiger partial charge on any atom is 0.134 e. The van der Waals surface area contributed by atoms with Crippen molar-refractivity contribution in [1.82, 2.24) is 9.80 Å². The molecule has 25 heavy (non-hydrogen) atoms. The highest BCUT2D eigenvalue weighted by atomic mass is 16.5. The van der Waals surface area contributed by atoms with Crippen LogP contribution in [0.2, 0.25) is 0 Å². The van der Waals surface area contributed by atoms with Gasteiger partial charge in [0, 0.05) is 37.8 Å². The summed E-state index contributed by atoms with van der Waals surface area (Å²) in [7, 11) is 0. The van der Waals surface area contributed by atoms with Crippen LogP contribution in [-0.4, -0.2) is 55.2 Å². The fourth-order valence-corrected chi connectivity index (χ4v) is 4.13. The summed E-state index contributed by atoms with van der Waals surface area (Å²) in [6.07, 6.45) is 2.60. The van der Waals surface area contributed by atoms with Gasteiger partial charge in [0.15, 0.2) is 0 Å². The van der Waals surface area contributed by atoms with Gasteiger partial charge >= 0.3 is 0 Å². The van der Waals surface area contributed by atoms with Gasteiger partial charge in [-0.1, -0.05) is 24.3 Å². The maximum absolute atomic E-state index is 5.88. The molecule has 1 aromatic carbocycles. The summed E-state index contributed by atoms with van der Waals surface area (Å²) in [5.74, 6) is 1.95. The van der Waals surface area contributed by atoms with Gasteiger partial charge in [0.05, 0.1) is 13.2 Å². The standard InChI is InChI=1S/C21H28N2O2/c1-17-8-9-21(25-17)20-7-3-2-5-18(20)15-22-10-4-6-19(16-22)23-11-13-24-14-12-23/h2-3,5,7-9,19H,4,6,10-16H2,1H3. The highest BCUT2D eigenvalue weighted by Crippen LogP contribution is 2.28. The number of hydrogen-bond donors (Lipinski definition) is 0. The van der Waals surface area contributed by atoms with Crippen LogP contribution in [0.5, 0.6) is 0 Å². The molecule has 2 aromatic rings. The van der Waals surface area contributed by atoms with Crippen LogP contribution in [0.1, 0.15) is 24.2 Å². The van der Waals surface area contributed by atoms with Crippen molar-refractivity contribution in [3.05, 3.63) is 47.7 Å². The molecule has 3 heterocycles. The second-order valence-corrected chi connectivity index (χ2v) is 7.25. The first-order valence-corrected chi connectivity index (χ1v) is 9.48. The summed E-state index contributed by atoms with van der Waals surface area (Å²) in [6, 6.07) is 13.5. The molecule has 0 amide bonds. The van der Waals surface area contributed by atoms with Gasteiger partial charge in [-0.15, -0.1) is 0 Å². The predicted molar refractivity (Wildman–Crippen MR) is 99.6 cm³/mol. The van der Waals surface area contributed by atoms with E-state index in [0.29, 0.717) is 6.04 Å². The molecule has 4 heteroatoms. The van der Waals surface area contributed by atoms with E-state index in [0.717, 1.165) is 50.9 Å². The maximum atomic E-state index is 5.88. The van der Waals surface area contributed by atoms with Crippen LogP contribution < -0.4 is 0 Å². The van der Waals surface area contributed by atoms with E-state index in [4.69, 9.17) is 9.15 Å². The van der Waals surface area contributed by atoms with Gasteiger partial charge in [-0.05, 0) is 44.0 Å². The molecule has 1 atom stereocenters. The molecule has 2 saturated heterocycles. The average molecular weight is 340 g/mol. The average Bonchev–Trinajstić information content (AvgIpc) is 3.09. The first-order valence-electron chi connectivity index (χ1n) is 9.48. The van der Waals surface area contributed by atoms with Gasteiger partial charge in [0.2, 0.25) is 0 Å².